The first-order chi connectivity index (χ1) is 14.6. The Morgan fingerprint density at radius 2 is 1.50 bits per heavy atom. The number of hydrogen-bond acceptors (Lipinski definition) is 2. The molecule has 2 amide bonds. The number of nitrogens with zero attached hydrogens (tertiary/aromatic N) is 1. The summed E-state index contributed by atoms with van der Waals surface area (Å²) in [5, 5.41) is 3.00. The van der Waals surface area contributed by atoms with Gasteiger partial charge in [0.25, 0.3) is 5.91 Å². The quantitative estimate of drug-likeness (QED) is 0.453. The van der Waals surface area contributed by atoms with Gasteiger partial charge in [0.1, 0.15) is 0 Å². The van der Waals surface area contributed by atoms with Gasteiger partial charge < -0.3 is 15.6 Å². The van der Waals surface area contributed by atoms with Crippen LogP contribution in [-0.4, -0.2) is 16.4 Å². The first kappa shape index (κ1) is 21.4. The van der Waals surface area contributed by atoms with E-state index < -0.39 is 0 Å². The van der Waals surface area contributed by atoms with Crippen LogP contribution in [0.4, 0.5) is 5.69 Å². The molecule has 3 aromatic rings. The van der Waals surface area contributed by atoms with Gasteiger partial charge in [0.15, 0.2) is 0 Å². The van der Waals surface area contributed by atoms with E-state index >= 15 is 0 Å². The molecule has 0 bridgehead atoms. The van der Waals surface area contributed by atoms with Crippen LogP contribution in [0.1, 0.15) is 53.7 Å². The lowest BCUT2D eigenvalue weighted by Gasteiger charge is -2.12. The number of unbranched alkanes of at least 4 members (excludes halogenated alkanes) is 3. The van der Waals surface area contributed by atoms with Crippen molar-refractivity contribution >= 4 is 17.5 Å². The molecule has 5 nitrogen and oxygen atoms in total. The van der Waals surface area contributed by atoms with Crippen LogP contribution in [0.15, 0.2) is 72.9 Å². The Kier molecular flexibility index (Phi) is 7.84. The minimum atomic E-state index is -0.244. The maximum absolute atomic E-state index is 12.9. The van der Waals surface area contributed by atoms with Gasteiger partial charge in [-0.15, -0.1) is 0 Å². The number of para-hydroxylation sites is 1. The molecule has 0 aliphatic carbocycles. The van der Waals surface area contributed by atoms with Crippen molar-refractivity contribution in [1.82, 2.24) is 4.57 Å². The Bertz CT molecular complexity index is 949. The van der Waals surface area contributed by atoms with E-state index in [0.29, 0.717) is 12.0 Å². The van der Waals surface area contributed by atoms with Crippen molar-refractivity contribution in [3.05, 3.63) is 89.7 Å². The monoisotopic (exact) mass is 403 g/mol. The van der Waals surface area contributed by atoms with E-state index in [0.717, 1.165) is 50.0 Å². The molecule has 156 valence electrons. The highest BCUT2D eigenvalue weighted by molar-refractivity contribution is 6.05. The van der Waals surface area contributed by atoms with Crippen molar-refractivity contribution in [3.8, 4) is 0 Å². The molecular weight excluding hydrogens is 374 g/mol. The lowest BCUT2D eigenvalue weighted by atomic mass is 10.1. The van der Waals surface area contributed by atoms with Crippen LogP contribution >= 0.6 is 0 Å². The fourth-order valence-corrected chi connectivity index (χ4v) is 3.58. The summed E-state index contributed by atoms with van der Waals surface area (Å²) in [5.41, 5.74) is 8.95. The number of amides is 2. The molecule has 0 spiro atoms. The third-order valence-corrected chi connectivity index (χ3v) is 5.14. The molecule has 0 radical (unpaired) electrons. The van der Waals surface area contributed by atoms with Gasteiger partial charge in [0, 0.05) is 30.5 Å². The fraction of sp³-hybridized carbons (Fsp3) is 0.280. The average Bonchev–Trinajstić information content (AvgIpc) is 3.14. The molecule has 0 unspecified atom stereocenters. The summed E-state index contributed by atoms with van der Waals surface area (Å²) in [5.74, 6) is -0.330. The van der Waals surface area contributed by atoms with Gasteiger partial charge in [0.05, 0.1) is 5.56 Å². The van der Waals surface area contributed by atoms with Crippen LogP contribution < -0.4 is 11.1 Å². The Hall–Kier alpha value is -3.34. The summed E-state index contributed by atoms with van der Waals surface area (Å²) in [4.78, 5) is 23.8. The molecule has 2 aromatic carbocycles. The number of benzene rings is 2. The topological polar surface area (TPSA) is 77.1 Å². The van der Waals surface area contributed by atoms with Gasteiger partial charge in [-0.3, -0.25) is 9.59 Å². The number of hydrogen-bond donors (Lipinski definition) is 2. The summed E-state index contributed by atoms with van der Waals surface area (Å²) in [6.45, 7) is 0.733. The molecule has 1 heterocycles. The molecule has 3 N–H and O–H groups in total. The maximum Gasteiger partial charge on any atom is 0.257 e. The fourth-order valence-electron chi connectivity index (χ4n) is 3.58. The number of aromatic nitrogens is 1. The standard InChI is InChI=1S/C25H29N3O2/c26-24(29)16-10-2-1-9-15-23-22(25(30)27-21-13-7-4-8-14-21)17-18-28(23)19-20-11-5-3-6-12-20/h3-8,11-14,17-18H,1-2,9-10,15-16,19H2,(H2,26,29)(H,27,30). The summed E-state index contributed by atoms with van der Waals surface area (Å²) in [6, 6.07) is 21.7. The average molecular weight is 404 g/mol. The zero-order chi connectivity index (χ0) is 21.2. The molecular formula is C25H29N3O2. The third-order valence-electron chi connectivity index (χ3n) is 5.14. The minimum absolute atomic E-state index is 0.0864. The lowest BCUT2D eigenvalue weighted by Crippen LogP contribution is -2.15. The molecule has 0 atom stereocenters. The highest BCUT2D eigenvalue weighted by Crippen LogP contribution is 2.19. The minimum Gasteiger partial charge on any atom is -0.370 e. The second kappa shape index (κ2) is 11.0. The zero-order valence-corrected chi connectivity index (χ0v) is 17.2. The smallest absolute Gasteiger partial charge is 0.257 e. The molecule has 0 fully saturated rings. The van der Waals surface area contributed by atoms with Crippen LogP contribution in [0.5, 0.6) is 0 Å². The number of nitrogens with one attached hydrogen (secondary N) is 1. The summed E-state index contributed by atoms with van der Waals surface area (Å²) < 4.78 is 2.17. The van der Waals surface area contributed by atoms with Gasteiger partial charge >= 0.3 is 0 Å². The second-order valence-electron chi connectivity index (χ2n) is 7.49. The van der Waals surface area contributed by atoms with Crippen LogP contribution in [0.25, 0.3) is 0 Å². The van der Waals surface area contributed by atoms with E-state index in [4.69, 9.17) is 5.73 Å². The highest BCUT2D eigenvalue weighted by atomic mass is 16.2. The van der Waals surface area contributed by atoms with Crippen molar-refractivity contribution in [1.29, 1.82) is 0 Å². The molecule has 3 rings (SSSR count). The first-order valence-electron chi connectivity index (χ1n) is 10.5. The van der Waals surface area contributed by atoms with E-state index in [1.165, 1.54) is 5.56 Å². The molecule has 1 aromatic heterocycles. The van der Waals surface area contributed by atoms with Crippen LogP contribution in [0, 0.1) is 0 Å². The second-order valence-corrected chi connectivity index (χ2v) is 7.49. The van der Waals surface area contributed by atoms with E-state index in [1.807, 2.05) is 60.8 Å². The van der Waals surface area contributed by atoms with E-state index in [9.17, 15) is 9.59 Å². The SMILES string of the molecule is NC(=O)CCCCCCc1c(C(=O)Nc2ccccc2)ccn1Cc1ccccc1. The Balaban J connectivity index is 1.70. The van der Waals surface area contributed by atoms with Gasteiger partial charge in [-0.1, -0.05) is 61.4 Å². The van der Waals surface area contributed by atoms with Crippen molar-refractivity contribution in [2.24, 2.45) is 5.73 Å². The summed E-state index contributed by atoms with van der Waals surface area (Å²) in [7, 11) is 0. The Labute approximate surface area is 177 Å². The lowest BCUT2D eigenvalue weighted by molar-refractivity contribution is -0.118. The number of primary amides is 1. The molecule has 0 saturated carbocycles. The number of rotatable bonds is 11. The molecule has 0 aliphatic rings. The summed E-state index contributed by atoms with van der Waals surface area (Å²) in [6.07, 6.45) is 7.00. The number of nitrogens with two attached hydrogens (primary N) is 1. The van der Waals surface area contributed by atoms with Gasteiger partial charge in [-0.2, -0.15) is 0 Å². The number of anilines is 1. The van der Waals surface area contributed by atoms with Crippen LogP contribution in [0.2, 0.25) is 0 Å². The largest absolute Gasteiger partial charge is 0.370 e. The van der Waals surface area contributed by atoms with Crippen LogP contribution in [0.3, 0.4) is 0 Å². The van der Waals surface area contributed by atoms with Crippen molar-refractivity contribution < 1.29 is 9.59 Å². The van der Waals surface area contributed by atoms with Gasteiger partial charge in [-0.05, 0) is 43.0 Å². The normalized spacial score (nSPS) is 10.7. The number of carbonyl (C=O) groups is 2. The Morgan fingerprint density at radius 3 is 2.20 bits per heavy atom. The zero-order valence-electron chi connectivity index (χ0n) is 17.2. The van der Waals surface area contributed by atoms with E-state index in [2.05, 4.69) is 22.0 Å². The van der Waals surface area contributed by atoms with Crippen molar-refractivity contribution in [2.75, 3.05) is 5.32 Å². The molecule has 30 heavy (non-hydrogen) atoms. The predicted octanol–water partition coefficient (Wildman–Crippen LogP) is 4.77. The highest BCUT2D eigenvalue weighted by Gasteiger charge is 2.16. The van der Waals surface area contributed by atoms with E-state index in [1.54, 1.807) is 0 Å². The maximum atomic E-state index is 12.9. The van der Waals surface area contributed by atoms with Crippen LogP contribution in [-0.2, 0) is 17.8 Å². The molecule has 0 saturated heterocycles. The first-order valence-corrected chi connectivity index (χ1v) is 10.5. The van der Waals surface area contributed by atoms with Crippen molar-refractivity contribution in [3.63, 3.8) is 0 Å². The molecule has 0 aliphatic heterocycles. The molecule has 5 heteroatoms. The number of carbonyl (C=O) groups excluding carboxylic acids is 2. The summed E-state index contributed by atoms with van der Waals surface area (Å²) >= 11 is 0. The Morgan fingerprint density at radius 1 is 0.833 bits per heavy atom. The van der Waals surface area contributed by atoms with Gasteiger partial charge in [-0.25, -0.2) is 0 Å². The van der Waals surface area contributed by atoms with Crippen molar-refractivity contribution in [2.45, 2.75) is 45.1 Å². The third kappa shape index (κ3) is 6.34. The predicted molar refractivity (Wildman–Crippen MR) is 120 cm³/mol. The van der Waals surface area contributed by atoms with Gasteiger partial charge in [0.2, 0.25) is 5.91 Å². The van der Waals surface area contributed by atoms with E-state index in [-0.39, 0.29) is 11.8 Å².